The average molecular weight is 429 g/mol. The molecule has 0 radical (unpaired) electrons. The van der Waals surface area contributed by atoms with Crippen LogP contribution in [0, 0.1) is 17.2 Å². The number of hydrogen-bond acceptors (Lipinski definition) is 3. The molecule has 1 aliphatic rings. The largest absolute Gasteiger partial charge is 0.326 e. The summed E-state index contributed by atoms with van der Waals surface area (Å²) in [5.74, 6) is 0.185. The molecule has 1 N–H and O–H groups in total. The number of halogens is 1. The van der Waals surface area contributed by atoms with Crippen LogP contribution in [0.25, 0.3) is 0 Å². The van der Waals surface area contributed by atoms with E-state index in [-0.39, 0.29) is 28.4 Å². The van der Waals surface area contributed by atoms with E-state index < -0.39 is 0 Å². The van der Waals surface area contributed by atoms with Gasteiger partial charge in [0.25, 0.3) is 0 Å². The van der Waals surface area contributed by atoms with Crippen LogP contribution in [0.3, 0.4) is 0 Å². The molecule has 0 spiro atoms. The van der Waals surface area contributed by atoms with Crippen molar-refractivity contribution >= 4 is 35.0 Å². The molecule has 2 aromatic rings. The first kappa shape index (κ1) is 22.3. The lowest BCUT2D eigenvalue weighted by Crippen LogP contribution is -2.28. The van der Waals surface area contributed by atoms with Crippen LogP contribution in [0.5, 0.6) is 0 Å². The Bertz CT molecular complexity index is 925. The van der Waals surface area contributed by atoms with Gasteiger partial charge >= 0.3 is 0 Å². The van der Waals surface area contributed by atoms with E-state index in [4.69, 9.17) is 0 Å². The van der Waals surface area contributed by atoms with Crippen LogP contribution in [0.15, 0.2) is 48.5 Å². The average Bonchev–Trinajstić information content (AvgIpc) is 3.01. The predicted octanol–water partition coefficient (Wildman–Crippen LogP) is 6.01. The molecule has 160 valence electrons. The second-order valence-electron chi connectivity index (χ2n) is 9.15. The number of anilines is 2. The van der Waals surface area contributed by atoms with Gasteiger partial charge in [-0.15, -0.1) is 11.8 Å². The highest BCUT2D eigenvalue weighted by Gasteiger charge is 2.34. The van der Waals surface area contributed by atoms with Gasteiger partial charge in [0.2, 0.25) is 11.8 Å². The number of nitrogens with one attached hydrogen (secondary N) is 1. The Morgan fingerprint density at radius 1 is 1.23 bits per heavy atom. The number of nitrogens with zero attached hydrogens (tertiary/aromatic N) is 1. The number of hydrogen-bond donors (Lipinski definition) is 1. The van der Waals surface area contributed by atoms with Gasteiger partial charge in [-0.3, -0.25) is 14.5 Å². The summed E-state index contributed by atoms with van der Waals surface area (Å²) in [6.07, 6.45) is 1.44. The standard InChI is InChI=1S/C24H29FN2O2S/c1-16(14-24(2,3)4)11-21(28)26-19-9-5-7-17(12-19)23-27(22(29)15-30-23)20-10-6-8-18(25)13-20/h5-10,12-13,16,23H,11,14-15H2,1-4H3,(H,26,28)/t16-,23-/m0/s1. The molecule has 2 amide bonds. The van der Waals surface area contributed by atoms with E-state index in [0.717, 1.165) is 12.0 Å². The van der Waals surface area contributed by atoms with E-state index in [0.29, 0.717) is 29.5 Å². The van der Waals surface area contributed by atoms with Crippen molar-refractivity contribution in [3.8, 4) is 0 Å². The molecule has 1 aliphatic heterocycles. The van der Waals surface area contributed by atoms with Gasteiger partial charge in [-0.1, -0.05) is 45.9 Å². The summed E-state index contributed by atoms with van der Waals surface area (Å²) in [5, 5.41) is 2.73. The van der Waals surface area contributed by atoms with Crippen molar-refractivity contribution in [1.29, 1.82) is 0 Å². The number of carbonyl (C=O) groups is 2. The minimum Gasteiger partial charge on any atom is -0.326 e. The fourth-order valence-electron chi connectivity index (χ4n) is 3.99. The van der Waals surface area contributed by atoms with Crippen molar-refractivity contribution in [2.75, 3.05) is 16.0 Å². The van der Waals surface area contributed by atoms with Gasteiger partial charge in [-0.05, 0) is 53.6 Å². The SMILES string of the molecule is C[C@@H](CC(=O)Nc1cccc([C@@H]2SCC(=O)N2c2cccc(F)c2)c1)CC(C)(C)C. The van der Waals surface area contributed by atoms with Crippen LogP contribution in [0.4, 0.5) is 15.8 Å². The van der Waals surface area contributed by atoms with Crippen molar-refractivity contribution in [2.24, 2.45) is 11.3 Å². The number of amides is 2. The first-order valence-corrected chi connectivity index (χ1v) is 11.3. The molecule has 6 heteroatoms. The van der Waals surface area contributed by atoms with E-state index in [9.17, 15) is 14.0 Å². The van der Waals surface area contributed by atoms with E-state index in [1.807, 2.05) is 24.3 Å². The summed E-state index contributed by atoms with van der Waals surface area (Å²) in [6.45, 7) is 8.63. The third kappa shape index (κ3) is 5.85. The van der Waals surface area contributed by atoms with Crippen molar-refractivity contribution < 1.29 is 14.0 Å². The lowest BCUT2D eigenvalue weighted by molar-refractivity contribution is -0.117. The van der Waals surface area contributed by atoms with Gasteiger partial charge in [0.1, 0.15) is 11.2 Å². The minimum atomic E-state index is -0.374. The fourth-order valence-corrected chi connectivity index (χ4v) is 5.16. The van der Waals surface area contributed by atoms with Gasteiger partial charge in [0.05, 0.1) is 5.75 Å². The monoisotopic (exact) mass is 428 g/mol. The second-order valence-corrected chi connectivity index (χ2v) is 10.2. The Balaban J connectivity index is 1.73. The highest BCUT2D eigenvalue weighted by atomic mass is 32.2. The molecule has 1 heterocycles. The molecule has 0 bridgehead atoms. The van der Waals surface area contributed by atoms with Gasteiger partial charge in [-0.2, -0.15) is 0 Å². The van der Waals surface area contributed by atoms with Gasteiger partial charge in [0.15, 0.2) is 0 Å². The molecular formula is C24H29FN2O2S. The fraction of sp³-hybridized carbons (Fsp3) is 0.417. The van der Waals surface area contributed by atoms with Gasteiger partial charge in [0, 0.05) is 17.8 Å². The van der Waals surface area contributed by atoms with E-state index in [2.05, 4.69) is 33.0 Å². The molecule has 0 aliphatic carbocycles. The molecule has 0 aromatic heterocycles. The maximum absolute atomic E-state index is 13.7. The molecule has 2 aromatic carbocycles. The summed E-state index contributed by atoms with van der Waals surface area (Å²) >= 11 is 1.50. The van der Waals surface area contributed by atoms with E-state index >= 15 is 0 Å². The zero-order chi connectivity index (χ0) is 21.9. The maximum atomic E-state index is 13.7. The second kappa shape index (κ2) is 9.21. The quantitative estimate of drug-likeness (QED) is 0.613. The lowest BCUT2D eigenvalue weighted by Gasteiger charge is -2.25. The Morgan fingerprint density at radius 3 is 2.67 bits per heavy atom. The normalized spacial score (nSPS) is 17.8. The van der Waals surface area contributed by atoms with Crippen LogP contribution in [-0.4, -0.2) is 17.6 Å². The molecule has 1 fully saturated rings. The summed E-state index contributed by atoms with van der Waals surface area (Å²) in [5.41, 5.74) is 2.34. The molecular weight excluding hydrogens is 399 g/mol. The van der Waals surface area contributed by atoms with Gasteiger partial charge in [-0.25, -0.2) is 4.39 Å². The Hall–Kier alpha value is -2.34. The summed E-state index contributed by atoms with van der Waals surface area (Å²) < 4.78 is 13.7. The first-order valence-electron chi connectivity index (χ1n) is 10.2. The number of benzene rings is 2. The van der Waals surface area contributed by atoms with Crippen LogP contribution < -0.4 is 10.2 Å². The van der Waals surface area contributed by atoms with Crippen LogP contribution in [0.2, 0.25) is 0 Å². The molecule has 0 saturated carbocycles. The number of carbonyl (C=O) groups excluding carboxylic acids is 2. The topological polar surface area (TPSA) is 49.4 Å². The summed E-state index contributed by atoms with van der Waals surface area (Å²) in [4.78, 5) is 26.6. The Labute approximate surface area is 182 Å². The molecule has 0 unspecified atom stereocenters. The number of thioether (sulfide) groups is 1. The van der Waals surface area contributed by atoms with Crippen molar-refractivity contribution in [2.45, 2.75) is 45.9 Å². The molecule has 4 nitrogen and oxygen atoms in total. The highest BCUT2D eigenvalue weighted by molar-refractivity contribution is 8.00. The Kier molecular flexibility index (Phi) is 6.86. The number of rotatable bonds is 6. The van der Waals surface area contributed by atoms with Crippen LogP contribution in [0.1, 0.15) is 51.5 Å². The van der Waals surface area contributed by atoms with Crippen molar-refractivity contribution in [3.05, 3.63) is 59.9 Å². The third-order valence-corrected chi connectivity index (χ3v) is 6.12. The minimum absolute atomic E-state index is 0.0129. The molecule has 1 saturated heterocycles. The van der Waals surface area contributed by atoms with E-state index in [1.54, 1.807) is 17.0 Å². The van der Waals surface area contributed by atoms with Crippen LogP contribution in [-0.2, 0) is 9.59 Å². The first-order chi connectivity index (χ1) is 14.1. The predicted molar refractivity (Wildman–Crippen MR) is 122 cm³/mol. The maximum Gasteiger partial charge on any atom is 0.238 e. The lowest BCUT2D eigenvalue weighted by atomic mass is 9.84. The Morgan fingerprint density at radius 2 is 1.97 bits per heavy atom. The zero-order valence-corrected chi connectivity index (χ0v) is 18.8. The zero-order valence-electron chi connectivity index (χ0n) is 17.9. The smallest absolute Gasteiger partial charge is 0.238 e. The van der Waals surface area contributed by atoms with Crippen molar-refractivity contribution in [3.63, 3.8) is 0 Å². The molecule has 2 atom stereocenters. The van der Waals surface area contributed by atoms with Crippen molar-refractivity contribution in [1.82, 2.24) is 0 Å². The molecule has 3 rings (SSSR count). The highest BCUT2D eigenvalue weighted by Crippen LogP contribution is 2.42. The van der Waals surface area contributed by atoms with Gasteiger partial charge < -0.3 is 5.32 Å². The summed E-state index contributed by atoms with van der Waals surface area (Å²) in [6, 6.07) is 13.6. The van der Waals surface area contributed by atoms with Crippen LogP contribution >= 0.6 is 11.8 Å². The van der Waals surface area contributed by atoms with E-state index in [1.165, 1.54) is 23.9 Å². The molecule has 30 heavy (non-hydrogen) atoms. The summed E-state index contributed by atoms with van der Waals surface area (Å²) in [7, 11) is 0. The third-order valence-electron chi connectivity index (χ3n) is 4.90.